The molecule has 1 aliphatic carbocycles. The number of ether oxygens (including phenoxy) is 1. The summed E-state index contributed by atoms with van der Waals surface area (Å²) in [5.74, 6) is 0. The largest absolute Gasteiger partial charge is 0.371 e. The van der Waals surface area contributed by atoms with E-state index in [-0.39, 0.29) is 11.1 Å². The second-order valence-electron chi connectivity index (χ2n) is 8.24. The maximum absolute atomic E-state index is 6.46. The first kappa shape index (κ1) is 17.0. The van der Waals surface area contributed by atoms with E-state index in [0.29, 0.717) is 6.10 Å². The Morgan fingerprint density at radius 2 is 1.90 bits per heavy atom. The van der Waals surface area contributed by atoms with E-state index in [9.17, 15) is 0 Å². The van der Waals surface area contributed by atoms with Gasteiger partial charge in [0.1, 0.15) is 0 Å². The third-order valence-corrected chi connectivity index (χ3v) is 4.95. The van der Waals surface area contributed by atoms with Crippen molar-refractivity contribution in [3.8, 4) is 0 Å². The first-order valence-electron chi connectivity index (χ1n) is 8.97. The van der Waals surface area contributed by atoms with Gasteiger partial charge in [0.2, 0.25) is 0 Å². The molecule has 1 spiro atoms. The van der Waals surface area contributed by atoms with E-state index in [0.717, 1.165) is 19.4 Å². The summed E-state index contributed by atoms with van der Waals surface area (Å²) in [4.78, 5) is 0. The summed E-state index contributed by atoms with van der Waals surface area (Å²) in [5.41, 5.74) is 2.00. The van der Waals surface area contributed by atoms with Gasteiger partial charge >= 0.3 is 0 Å². The molecule has 2 aliphatic rings. The van der Waals surface area contributed by atoms with Gasteiger partial charge in [0.25, 0.3) is 0 Å². The normalized spacial score (nSPS) is 26.5. The molecule has 2 nitrogen and oxygen atoms in total. The van der Waals surface area contributed by atoms with E-state index in [2.05, 4.69) is 39.1 Å². The maximum atomic E-state index is 6.46. The van der Waals surface area contributed by atoms with E-state index in [1.807, 2.05) is 0 Å². The molecule has 2 fully saturated rings. The van der Waals surface area contributed by atoms with Crippen LogP contribution in [0.1, 0.15) is 85.5 Å². The van der Waals surface area contributed by atoms with Crippen molar-refractivity contribution >= 4 is 0 Å². The highest BCUT2D eigenvalue weighted by Crippen LogP contribution is 2.43. The van der Waals surface area contributed by atoms with Crippen LogP contribution in [0.15, 0.2) is 11.6 Å². The van der Waals surface area contributed by atoms with Crippen molar-refractivity contribution < 1.29 is 4.74 Å². The molecule has 2 rings (SSSR count). The predicted molar refractivity (Wildman–Crippen MR) is 90.7 cm³/mol. The molecule has 0 radical (unpaired) electrons. The van der Waals surface area contributed by atoms with Crippen LogP contribution in [0.4, 0.5) is 0 Å². The molecule has 21 heavy (non-hydrogen) atoms. The molecule has 0 bridgehead atoms. The molecule has 1 aliphatic heterocycles. The highest BCUT2D eigenvalue weighted by molar-refractivity contribution is 5.03. The highest BCUT2D eigenvalue weighted by atomic mass is 16.5. The smallest absolute Gasteiger partial charge is 0.0687 e. The number of nitrogens with one attached hydrogen (secondary N) is 1. The lowest BCUT2D eigenvalue weighted by Gasteiger charge is -2.33. The highest BCUT2D eigenvalue weighted by Gasteiger charge is 2.40. The average Bonchev–Trinajstić information content (AvgIpc) is 2.77. The topological polar surface area (TPSA) is 21.3 Å². The second-order valence-corrected chi connectivity index (χ2v) is 8.24. The quantitative estimate of drug-likeness (QED) is 0.570. The Kier molecular flexibility index (Phi) is 5.90. The van der Waals surface area contributed by atoms with Crippen LogP contribution in [-0.4, -0.2) is 23.8 Å². The summed E-state index contributed by atoms with van der Waals surface area (Å²) >= 11 is 0. The SMILES string of the molecule is CC(=CCCNC(C)(C)C)CC1CCC2(CCCCC2)O1. The lowest BCUT2D eigenvalue weighted by atomic mass is 9.83. The lowest BCUT2D eigenvalue weighted by Crippen LogP contribution is -2.36. The molecule has 1 heterocycles. The van der Waals surface area contributed by atoms with Crippen LogP contribution >= 0.6 is 0 Å². The van der Waals surface area contributed by atoms with E-state index in [1.165, 1.54) is 50.5 Å². The van der Waals surface area contributed by atoms with Crippen LogP contribution in [0.25, 0.3) is 0 Å². The van der Waals surface area contributed by atoms with E-state index in [1.54, 1.807) is 0 Å². The third kappa shape index (κ3) is 5.75. The van der Waals surface area contributed by atoms with Crippen LogP contribution in [0.5, 0.6) is 0 Å². The van der Waals surface area contributed by atoms with Gasteiger partial charge in [0, 0.05) is 5.54 Å². The Morgan fingerprint density at radius 1 is 1.19 bits per heavy atom. The molecule has 1 saturated heterocycles. The Bertz CT molecular complexity index is 347. The minimum atomic E-state index is 0.226. The van der Waals surface area contributed by atoms with Gasteiger partial charge in [-0.25, -0.2) is 0 Å². The molecule has 0 aromatic rings. The van der Waals surface area contributed by atoms with E-state index in [4.69, 9.17) is 4.74 Å². The number of hydrogen-bond donors (Lipinski definition) is 1. The van der Waals surface area contributed by atoms with Crippen LogP contribution in [0.3, 0.4) is 0 Å². The van der Waals surface area contributed by atoms with Crippen LogP contribution in [0.2, 0.25) is 0 Å². The first-order chi connectivity index (χ1) is 9.89. The average molecular weight is 293 g/mol. The molecule has 0 amide bonds. The summed E-state index contributed by atoms with van der Waals surface area (Å²) in [5, 5.41) is 3.54. The van der Waals surface area contributed by atoms with Gasteiger partial charge in [0.05, 0.1) is 11.7 Å². The molecule has 1 saturated carbocycles. The molecular formula is C19H35NO. The summed E-state index contributed by atoms with van der Waals surface area (Å²) in [6, 6.07) is 0. The van der Waals surface area contributed by atoms with Crippen molar-refractivity contribution in [2.45, 2.75) is 103 Å². The van der Waals surface area contributed by atoms with Crippen molar-refractivity contribution in [3.63, 3.8) is 0 Å². The van der Waals surface area contributed by atoms with Crippen molar-refractivity contribution in [1.29, 1.82) is 0 Å². The summed E-state index contributed by atoms with van der Waals surface area (Å²) in [6.07, 6.45) is 14.5. The molecule has 0 aromatic heterocycles. The fraction of sp³-hybridized carbons (Fsp3) is 0.895. The molecule has 1 unspecified atom stereocenters. The van der Waals surface area contributed by atoms with Gasteiger partial charge < -0.3 is 10.1 Å². The minimum Gasteiger partial charge on any atom is -0.371 e. The Balaban J connectivity index is 1.69. The van der Waals surface area contributed by atoms with Gasteiger partial charge in [0.15, 0.2) is 0 Å². The van der Waals surface area contributed by atoms with Crippen LogP contribution < -0.4 is 5.32 Å². The number of hydrogen-bond acceptors (Lipinski definition) is 2. The zero-order chi connectivity index (χ0) is 15.3. The standard InChI is InChI=1S/C19H35NO/c1-16(9-8-14-20-18(2,3)4)15-17-10-13-19(21-17)11-6-5-7-12-19/h9,17,20H,5-8,10-15H2,1-4H3. The Labute approximate surface area is 131 Å². The summed E-state index contributed by atoms with van der Waals surface area (Å²) in [7, 11) is 0. The molecular weight excluding hydrogens is 258 g/mol. The minimum absolute atomic E-state index is 0.226. The Hall–Kier alpha value is -0.340. The Morgan fingerprint density at radius 3 is 2.57 bits per heavy atom. The lowest BCUT2D eigenvalue weighted by molar-refractivity contribution is -0.0628. The zero-order valence-electron chi connectivity index (χ0n) is 14.6. The van der Waals surface area contributed by atoms with Gasteiger partial charge in [-0.2, -0.15) is 0 Å². The second kappa shape index (κ2) is 7.28. The number of rotatable bonds is 5. The van der Waals surface area contributed by atoms with Crippen molar-refractivity contribution in [2.75, 3.05) is 6.54 Å². The van der Waals surface area contributed by atoms with Gasteiger partial charge in [-0.1, -0.05) is 30.9 Å². The molecule has 122 valence electrons. The van der Waals surface area contributed by atoms with Gasteiger partial charge in [-0.15, -0.1) is 0 Å². The summed E-state index contributed by atoms with van der Waals surface area (Å²) in [6.45, 7) is 10.0. The van der Waals surface area contributed by atoms with E-state index >= 15 is 0 Å². The third-order valence-electron chi connectivity index (χ3n) is 4.95. The molecule has 2 heteroatoms. The molecule has 0 aromatic carbocycles. The fourth-order valence-corrected chi connectivity index (χ4v) is 3.81. The van der Waals surface area contributed by atoms with Crippen LogP contribution in [-0.2, 0) is 4.74 Å². The van der Waals surface area contributed by atoms with Crippen molar-refractivity contribution in [1.82, 2.24) is 5.32 Å². The van der Waals surface area contributed by atoms with Crippen molar-refractivity contribution in [2.24, 2.45) is 0 Å². The monoisotopic (exact) mass is 293 g/mol. The molecule has 1 N–H and O–H groups in total. The van der Waals surface area contributed by atoms with Crippen LogP contribution in [0, 0.1) is 0 Å². The molecule has 1 atom stereocenters. The first-order valence-corrected chi connectivity index (χ1v) is 8.97. The predicted octanol–water partition coefficient (Wildman–Crippen LogP) is 4.98. The van der Waals surface area contributed by atoms with E-state index < -0.39 is 0 Å². The van der Waals surface area contributed by atoms with Gasteiger partial charge in [-0.3, -0.25) is 0 Å². The maximum Gasteiger partial charge on any atom is 0.0687 e. The fourth-order valence-electron chi connectivity index (χ4n) is 3.81. The van der Waals surface area contributed by atoms with Crippen molar-refractivity contribution in [3.05, 3.63) is 11.6 Å². The zero-order valence-corrected chi connectivity index (χ0v) is 14.6. The summed E-state index contributed by atoms with van der Waals surface area (Å²) < 4.78 is 6.46. The van der Waals surface area contributed by atoms with Gasteiger partial charge in [-0.05, 0) is 72.8 Å².